The number of benzene rings is 1. The van der Waals surface area contributed by atoms with E-state index in [2.05, 4.69) is 44.1 Å². The summed E-state index contributed by atoms with van der Waals surface area (Å²) in [6, 6.07) is 8.69. The highest BCUT2D eigenvalue weighted by atomic mass is 15.1. The summed E-state index contributed by atoms with van der Waals surface area (Å²) in [6.45, 7) is 7.49. The van der Waals surface area contributed by atoms with Crippen LogP contribution < -0.4 is 11.1 Å². The zero-order chi connectivity index (χ0) is 15.2. The standard InChI is InChI=1S/C16H23N5/c1-12(2)20-16(17)19-10-14-5-4-6-15(9-14)11-21-8-7-18-13(21)3/h4-9,12H,10-11H2,1-3H3,(H3,17,19,20). The molecule has 0 amide bonds. The maximum absolute atomic E-state index is 5.82. The average molecular weight is 285 g/mol. The molecule has 0 aliphatic heterocycles. The van der Waals surface area contributed by atoms with E-state index in [1.165, 1.54) is 5.56 Å². The van der Waals surface area contributed by atoms with E-state index in [4.69, 9.17) is 5.73 Å². The molecular formula is C16H23N5. The number of nitrogens with two attached hydrogens (primary N) is 1. The molecule has 0 radical (unpaired) electrons. The molecule has 1 heterocycles. The predicted octanol–water partition coefficient (Wildman–Crippen LogP) is 2.05. The third-order valence-corrected chi connectivity index (χ3v) is 3.14. The molecule has 21 heavy (non-hydrogen) atoms. The normalized spacial score (nSPS) is 11.9. The SMILES string of the molecule is Cc1nccn1Cc1cccc(CN=C(N)NC(C)C)c1. The van der Waals surface area contributed by atoms with Crippen LogP contribution in [0.25, 0.3) is 0 Å². The van der Waals surface area contributed by atoms with Gasteiger partial charge in [0, 0.05) is 25.0 Å². The Morgan fingerprint density at radius 3 is 2.81 bits per heavy atom. The van der Waals surface area contributed by atoms with Crippen LogP contribution in [-0.4, -0.2) is 21.6 Å². The average Bonchev–Trinajstić information content (AvgIpc) is 2.82. The summed E-state index contributed by atoms with van der Waals surface area (Å²) in [7, 11) is 0. The molecule has 0 atom stereocenters. The second-order valence-corrected chi connectivity index (χ2v) is 5.42. The van der Waals surface area contributed by atoms with Crippen molar-refractivity contribution >= 4 is 5.96 Å². The van der Waals surface area contributed by atoms with Crippen molar-refractivity contribution in [3.8, 4) is 0 Å². The van der Waals surface area contributed by atoms with Gasteiger partial charge in [-0.15, -0.1) is 0 Å². The Labute approximate surface area is 125 Å². The quantitative estimate of drug-likeness (QED) is 0.652. The fourth-order valence-corrected chi connectivity index (χ4v) is 2.11. The molecule has 0 aliphatic carbocycles. The van der Waals surface area contributed by atoms with Gasteiger partial charge in [-0.3, -0.25) is 0 Å². The number of aliphatic imine (C=N–C) groups is 1. The van der Waals surface area contributed by atoms with Crippen LogP contribution in [0.1, 0.15) is 30.8 Å². The molecule has 0 fully saturated rings. The molecule has 0 saturated carbocycles. The van der Waals surface area contributed by atoms with Gasteiger partial charge in [0.05, 0.1) is 6.54 Å². The second kappa shape index (κ2) is 6.92. The lowest BCUT2D eigenvalue weighted by atomic mass is 10.1. The van der Waals surface area contributed by atoms with Gasteiger partial charge in [-0.2, -0.15) is 0 Å². The van der Waals surface area contributed by atoms with Crippen molar-refractivity contribution in [1.82, 2.24) is 14.9 Å². The molecule has 1 aromatic carbocycles. The number of aromatic nitrogens is 2. The van der Waals surface area contributed by atoms with Crippen LogP contribution in [-0.2, 0) is 13.1 Å². The maximum Gasteiger partial charge on any atom is 0.189 e. The second-order valence-electron chi connectivity index (χ2n) is 5.42. The fraction of sp³-hybridized carbons (Fsp3) is 0.375. The number of nitrogens with one attached hydrogen (secondary N) is 1. The molecule has 0 saturated heterocycles. The van der Waals surface area contributed by atoms with Crippen molar-refractivity contribution in [1.29, 1.82) is 0 Å². The summed E-state index contributed by atoms with van der Waals surface area (Å²) < 4.78 is 2.12. The van der Waals surface area contributed by atoms with Gasteiger partial charge in [-0.1, -0.05) is 24.3 Å². The molecule has 0 bridgehead atoms. The zero-order valence-corrected chi connectivity index (χ0v) is 12.9. The van der Waals surface area contributed by atoms with E-state index < -0.39 is 0 Å². The fourth-order valence-electron chi connectivity index (χ4n) is 2.11. The number of hydrogen-bond donors (Lipinski definition) is 2. The van der Waals surface area contributed by atoms with Gasteiger partial charge in [0.15, 0.2) is 5.96 Å². The van der Waals surface area contributed by atoms with Crippen molar-refractivity contribution < 1.29 is 0 Å². The minimum atomic E-state index is 0.296. The third kappa shape index (κ3) is 4.63. The summed E-state index contributed by atoms with van der Waals surface area (Å²) in [5.41, 5.74) is 8.20. The van der Waals surface area contributed by atoms with Gasteiger partial charge in [-0.25, -0.2) is 9.98 Å². The van der Waals surface area contributed by atoms with Gasteiger partial charge in [0.2, 0.25) is 0 Å². The molecule has 2 aromatic rings. The van der Waals surface area contributed by atoms with Crippen LogP contribution in [0.4, 0.5) is 0 Å². The van der Waals surface area contributed by atoms with Crippen molar-refractivity contribution in [3.05, 3.63) is 53.6 Å². The first-order valence-corrected chi connectivity index (χ1v) is 7.16. The molecule has 0 spiro atoms. The first-order chi connectivity index (χ1) is 10.0. The van der Waals surface area contributed by atoms with Crippen molar-refractivity contribution in [3.63, 3.8) is 0 Å². The summed E-state index contributed by atoms with van der Waals surface area (Å²) in [6.07, 6.45) is 3.81. The van der Waals surface area contributed by atoms with E-state index in [0.29, 0.717) is 18.5 Å². The largest absolute Gasteiger partial charge is 0.370 e. The minimum absolute atomic E-state index is 0.296. The third-order valence-electron chi connectivity index (χ3n) is 3.14. The minimum Gasteiger partial charge on any atom is -0.370 e. The monoisotopic (exact) mass is 285 g/mol. The van der Waals surface area contributed by atoms with Crippen LogP contribution in [0.5, 0.6) is 0 Å². The smallest absolute Gasteiger partial charge is 0.189 e. The van der Waals surface area contributed by atoms with E-state index in [1.807, 2.05) is 33.2 Å². The Bertz CT molecular complexity index is 613. The number of rotatable bonds is 5. The lowest BCUT2D eigenvalue weighted by molar-refractivity contribution is 0.723. The topological polar surface area (TPSA) is 68.2 Å². The maximum atomic E-state index is 5.82. The Morgan fingerprint density at radius 2 is 2.14 bits per heavy atom. The molecule has 0 unspecified atom stereocenters. The number of hydrogen-bond acceptors (Lipinski definition) is 2. The lowest BCUT2D eigenvalue weighted by Gasteiger charge is -2.09. The molecule has 112 valence electrons. The molecule has 0 aliphatic rings. The highest BCUT2D eigenvalue weighted by molar-refractivity contribution is 5.78. The zero-order valence-electron chi connectivity index (χ0n) is 12.9. The summed E-state index contributed by atoms with van der Waals surface area (Å²) in [4.78, 5) is 8.59. The van der Waals surface area contributed by atoms with Gasteiger partial charge in [-0.05, 0) is 31.9 Å². The highest BCUT2D eigenvalue weighted by Gasteiger charge is 2.01. The Hall–Kier alpha value is -2.30. The predicted molar refractivity (Wildman–Crippen MR) is 86.1 cm³/mol. The van der Waals surface area contributed by atoms with Crippen molar-refractivity contribution in [2.75, 3.05) is 0 Å². The van der Waals surface area contributed by atoms with Crippen LogP contribution >= 0.6 is 0 Å². The van der Waals surface area contributed by atoms with Crippen LogP contribution in [0.15, 0.2) is 41.7 Å². The lowest BCUT2D eigenvalue weighted by Crippen LogP contribution is -2.36. The van der Waals surface area contributed by atoms with E-state index >= 15 is 0 Å². The molecule has 1 aromatic heterocycles. The molecular weight excluding hydrogens is 262 g/mol. The molecule has 2 rings (SSSR count). The van der Waals surface area contributed by atoms with Crippen molar-refractivity contribution in [2.24, 2.45) is 10.7 Å². The Morgan fingerprint density at radius 1 is 1.38 bits per heavy atom. The number of guanidine groups is 1. The van der Waals surface area contributed by atoms with E-state index in [-0.39, 0.29) is 0 Å². The van der Waals surface area contributed by atoms with E-state index in [9.17, 15) is 0 Å². The summed E-state index contributed by atoms with van der Waals surface area (Å²) in [5, 5.41) is 3.09. The van der Waals surface area contributed by atoms with Crippen LogP contribution in [0.3, 0.4) is 0 Å². The van der Waals surface area contributed by atoms with E-state index in [0.717, 1.165) is 17.9 Å². The first-order valence-electron chi connectivity index (χ1n) is 7.16. The van der Waals surface area contributed by atoms with Gasteiger partial charge >= 0.3 is 0 Å². The van der Waals surface area contributed by atoms with Gasteiger partial charge < -0.3 is 15.6 Å². The van der Waals surface area contributed by atoms with Crippen molar-refractivity contribution in [2.45, 2.75) is 39.9 Å². The summed E-state index contributed by atoms with van der Waals surface area (Å²) in [5.74, 6) is 1.50. The number of nitrogens with zero attached hydrogens (tertiary/aromatic N) is 3. The molecule has 5 heteroatoms. The van der Waals surface area contributed by atoms with Gasteiger partial charge in [0.25, 0.3) is 0 Å². The van der Waals surface area contributed by atoms with Crippen LogP contribution in [0, 0.1) is 6.92 Å². The van der Waals surface area contributed by atoms with Gasteiger partial charge in [0.1, 0.15) is 5.82 Å². The summed E-state index contributed by atoms with van der Waals surface area (Å²) >= 11 is 0. The number of aryl methyl sites for hydroxylation is 1. The Kier molecular flexibility index (Phi) is 4.98. The number of imidazole rings is 1. The first kappa shape index (κ1) is 15.1. The van der Waals surface area contributed by atoms with Crippen LogP contribution in [0.2, 0.25) is 0 Å². The highest BCUT2D eigenvalue weighted by Crippen LogP contribution is 2.09. The molecule has 3 N–H and O–H groups in total. The molecule has 5 nitrogen and oxygen atoms in total. The van der Waals surface area contributed by atoms with E-state index in [1.54, 1.807) is 0 Å². The Balaban J connectivity index is 2.03.